The smallest absolute Gasteiger partial charge is 0.154 e. The largest absolute Gasteiger partial charge is 0.490 e. The SMILES string of the molecule is COCCOc1ccc(F)c(C=O)c1I. The van der Waals surface area contributed by atoms with E-state index in [1.54, 1.807) is 7.11 Å². The molecule has 1 rings (SSSR count). The predicted molar refractivity (Wildman–Crippen MR) is 61.9 cm³/mol. The second kappa shape index (κ2) is 6.02. The zero-order valence-corrected chi connectivity index (χ0v) is 10.3. The number of carbonyl (C=O) groups excluding carboxylic acids is 1. The second-order valence-corrected chi connectivity index (χ2v) is 3.81. The summed E-state index contributed by atoms with van der Waals surface area (Å²) in [5, 5.41) is 0. The number of benzene rings is 1. The lowest BCUT2D eigenvalue weighted by molar-refractivity contribution is 0.111. The Balaban J connectivity index is 2.85. The van der Waals surface area contributed by atoms with Gasteiger partial charge in [0.05, 0.1) is 15.7 Å². The lowest BCUT2D eigenvalue weighted by Crippen LogP contribution is -2.06. The van der Waals surface area contributed by atoms with Crippen LogP contribution >= 0.6 is 22.6 Å². The van der Waals surface area contributed by atoms with E-state index in [0.29, 0.717) is 28.8 Å². The first-order valence-electron chi connectivity index (χ1n) is 4.25. The number of carbonyl (C=O) groups is 1. The van der Waals surface area contributed by atoms with Gasteiger partial charge in [0, 0.05) is 7.11 Å². The number of rotatable bonds is 5. The van der Waals surface area contributed by atoms with Crippen LogP contribution in [-0.4, -0.2) is 26.6 Å². The molecule has 0 spiro atoms. The maximum Gasteiger partial charge on any atom is 0.154 e. The van der Waals surface area contributed by atoms with Gasteiger partial charge < -0.3 is 9.47 Å². The Morgan fingerprint density at radius 1 is 1.47 bits per heavy atom. The van der Waals surface area contributed by atoms with Crippen LogP contribution in [0.15, 0.2) is 12.1 Å². The summed E-state index contributed by atoms with van der Waals surface area (Å²) in [4.78, 5) is 10.6. The first kappa shape index (κ1) is 12.4. The summed E-state index contributed by atoms with van der Waals surface area (Å²) in [6.07, 6.45) is 0.486. The van der Waals surface area contributed by atoms with Crippen molar-refractivity contribution in [2.45, 2.75) is 0 Å². The molecule has 0 fully saturated rings. The van der Waals surface area contributed by atoms with E-state index in [2.05, 4.69) is 0 Å². The van der Waals surface area contributed by atoms with Crippen LogP contribution in [0.5, 0.6) is 5.75 Å². The van der Waals surface area contributed by atoms with Crippen LogP contribution < -0.4 is 4.74 Å². The Kier molecular flexibility index (Phi) is 4.97. The highest BCUT2D eigenvalue weighted by Crippen LogP contribution is 2.25. The quantitative estimate of drug-likeness (QED) is 0.474. The highest BCUT2D eigenvalue weighted by Gasteiger charge is 2.11. The summed E-state index contributed by atoms with van der Waals surface area (Å²) >= 11 is 1.88. The summed E-state index contributed by atoms with van der Waals surface area (Å²) < 4.78 is 23.7. The molecule has 0 radical (unpaired) electrons. The molecule has 0 aliphatic rings. The van der Waals surface area contributed by atoms with Gasteiger partial charge in [0.25, 0.3) is 0 Å². The van der Waals surface area contributed by atoms with Crippen molar-refractivity contribution in [2.75, 3.05) is 20.3 Å². The van der Waals surface area contributed by atoms with Crippen LogP contribution in [0.1, 0.15) is 10.4 Å². The van der Waals surface area contributed by atoms with Crippen LogP contribution in [-0.2, 0) is 4.74 Å². The van der Waals surface area contributed by atoms with E-state index < -0.39 is 5.82 Å². The molecule has 0 amide bonds. The van der Waals surface area contributed by atoms with Crippen LogP contribution in [0.2, 0.25) is 0 Å². The zero-order chi connectivity index (χ0) is 11.3. The van der Waals surface area contributed by atoms with Crippen molar-refractivity contribution in [3.05, 3.63) is 27.1 Å². The molecule has 0 atom stereocenters. The summed E-state index contributed by atoms with van der Waals surface area (Å²) in [6.45, 7) is 0.820. The van der Waals surface area contributed by atoms with Crippen LogP contribution in [0, 0.1) is 9.39 Å². The third kappa shape index (κ3) is 3.13. The molecule has 0 aromatic heterocycles. The molecule has 0 saturated heterocycles. The van der Waals surface area contributed by atoms with Gasteiger partial charge in [-0.3, -0.25) is 4.79 Å². The van der Waals surface area contributed by atoms with Gasteiger partial charge >= 0.3 is 0 Å². The van der Waals surface area contributed by atoms with Crippen molar-refractivity contribution in [1.29, 1.82) is 0 Å². The molecule has 0 bridgehead atoms. The van der Waals surface area contributed by atoms with Crippen LogP contribution in [0.4, 0.5) is 4.39 Å². The molecule has 0 unspecified atom stereocenters. The fourth-order valence-corrected chi connectivity index (χ4v) is 1.72. The highest BCUT2D eigenvalue weighted by atomic mass is 127. The molecule has 3 nitrogen and oxygen atoms in total. The Hall–Kier alpha value is -0.690. The Labute approximate surface area is 101 Å². The molecule has 0 N–H and O–H groups in total. The van der Waals surface area contributed by atoms with Gasteiger partial charge in [-0.25, -0.2) is 4.39 Å². The van der Waals surface area contributed by atoms with Gasteiger partial charge in [-0.2, -0.15) is 0 Å². The van der Waals surface area contributed by atoms with Gasteiger partial charge in [0.1, 0.15) is 18.2 Å². The number of ether oxygens (including phenoxy) is 2. The van der Waals surface area contributed by atoms with Crippen molar-refractivity contribution in [3.63, 3.8) is 0 Å². The number of aldehydes is 1. The molecule has 5 heteroatoms. The molecule has 0 saturated carbocycles. The highest BCUT2D eigenvalue weighted by molar-refractivity contribution is 14.1. The minimum atomic E-state index is -0.534. The van der Waals surface area contributed by atoms with E-state index in [9.17, 15) is 9.18 Å². The predicted octanol–water partition coefficient (Wildman–Crippen LogP) is 2.27. The first-order chi connectivity index (χ1) is 7.20. The summed E-state index contributed by atoms with van der Waals surface area (Å²) in [5.74, 6) is -0.0374. The second-order valence-electron chi connectivity index (χ2n) is 2.73. The van der Waals surface area contributed by atoms with E-state index in [4.69, 9.17) is 9.47 Å². The Morgan fingerprint density at radius 2 is 2.20 bits per heavy atom. The van der Waals surface area contributed by atoms with E-state index >= 15 is 0 Å². The molecular formula is C10H10FIO3. The van der Waals surface area contributed by atoms with E-state index in [1.807, 2.05) is 22.6 Å². The van der Waals surface area contributed by atoms with Gasteiger partial charge in [-0.1, -0.05) is 0 Å². The lowest BCUT2D eigenvalue weighted by Gasteiger charge is -2.09. The first-order valence-corrected chi connectivity index (χ1v) is 5.33. The van der Waals surface area contributed by atoms with Gasteiger partial charge in [0.2, 0.25) is 0 Å². The minimum Gasteiger partial charge on any atom is -0.490 e. The van der Waals surface area contributed by atoms with Gasteiger partial charge in [0.15, 0.2) is 6.29 Å². The number of hydrogen-bond acceptors (Lipinski definition) is 3. The molecule has 0 heterocycles. The third-order valence-corrected chi connectivity index (χ3v) is 2.87. The van der Waals surface area contributed by atoms with Gasteiger partial charge in [-0.05, 0) is 34.7 Å². The van der Waals surface area contributed by atoms with E-state index in [1.165, 1.54) is 12.1 Å². The summed E-state index contributed by atoms with van der Waals surface area (Å²) in [7, 11) is 1.57. The lowest BCUT2D eigenvalue weighted by atomic mass is 10.2. The Morgan fingerprint density at radius 3 is 2.80 bits per heavy atom. The normalized spacial score (nSPS) is 10.1. The molecule has 82 valence electrons. The topological polar surface area (TPSA) is 35.5 Å². The van der Waals surface area contributed by atoms with Crippen molar-refractivity contribution in [3.8, 4) is 5.75 Å². The zero-order valence-electron chi connectivity index (χ0n) is 8.13. The fraction of sp³-hybridized carbons (Fsp3) is 0.300. The van der Waals surface area contributed by atoms with E-state index in [-0.39, 0.29) is 5.56 Å². The maximum absolute atomic E-state index is 13.1. The van der Waals surface area contributed by atoms with Gasteiger partial charge in [-0.15, -0.1) is 0 Å². The molecular weight excluding hydrogens is 314 g/mol. The molecule has 0 aliphatic heterocycles. The summed E-state index contributed by atoms with van der Waals surface area (Å²) in [5.41, 5.74) is 0.0329. The van der Waals surface area contributed by atoms with Crippen molar-refractivity contribution >= 4 is 28.9 Å². The summed E-state index contributed by atoms with van der Waals surface area (Å²) in [6, 6.07) is 2.72. The maximum atomic E-state index is 13.1. The average Bonchev–Trinajstić information content (AvgIpc) is 2.22. The molecule has 0 aliphatic carbocycles. The monoisotopic (exact) mass is 324 g/mol. The molecule has 15 heavy (non-hydrogen) atoms. The fourth-order valence-electron chi connectivity index (χ4n) is 1.00. The molecule has 1 aromatic rings. The minimum absolute atomic E-state index is 0.0329. The standard InChI is InChI=1S/C10H10FIO3/c1-14-4-5-15-9-3-2-8(11)7(6-13)10(9)12/h2-3,6H,4-5H2,1H3. The van der Waals surface area contributed by atoms with Crippen molar-refractivity contribution in [2.24, 2.45) is 0 Å². The number of halogens is 2. The van der Waals surface area contributed by atoms with Crippen molar-refractivity contribution < 1.29 is 18.7 Å². The van der Waals surface area contributed by atoms with Crippen LogP contribution in [0.25, 0.3) is 0 Å². The van der Waals surface area contributed by atoms with E-state index in [0.717, 1.165) is 0 Å². The van der Waals surface area contributed by atoms with Crippen molar-refractivity contribution in [1.82, 2.24) is 0 Å². The number of hydrogen-bond donors (Lipinski definition) is 0. The average molecular weight is 324 g/mol. The number of methoxy groups -OCH3 is 1. The Bertz CT molecular complexity index is 355. The third-order valence-electron chi connectivity index (χ3n) is 1.75. The molecule has 1 aromatic carbocycles. The van der Waals surface area contributed by atoms with Crippen LogP contribution in [0.3, 0.4) is 0 Å².